The highest BCUT2D eigenvalue weighted by molar-refractivity contribution is 14.0. The summed E-state index contributed by atoms with van der Waals surface area (Å²) in [4.78, 5) is 18.6. The molecule has 0 aliphatic rings. The van der Waals surface area contributed by atoms with Crippen molar-refractivity contribution in [2.75, 3.05) is 26.7 Å². The number of hydrogen-bond acceptors (Lipinski definition) is 2. The standard InChI is InChI=1S/C20H34N4O.HI/c1-7-16-9-11-17(12-10-16)15-24(6)19(21-8-2)23-14-13-22-18(25)20(3,4)5;/h9-12H,7-8,13-15H2,1-6H3,(H,21,23)(H,22,25);1H. The summed E-state index contributed by atoms with van der Waals surface area (Å²) in [5.41, 5.74) is 2.24. The molecule has 5 nitrogen and oxygen atoms in total. The normalized spacial score (nSPS) is 11.5. The summed E-state index contributed by atoms with van der Waals surface area (Å²) in [6.07, 6.45) is 1.06. The number of hydrogen-bond donors (Lipinski definition) is 2. The molecule has 0 saturated carbocycles. The molecule has 1 aromatic rings. The molecule has 0 radical (unpaired) electrons. The maximum Gasteiger partial charge on any atom is 0.225 e. The van der Waals surface area contributed by atoms with Crippen LogP contribution in [0.1, 0.15) is 45.7 Å². The van der Waals surface area contributed by atoms with Crippen LogP contribution in [0.4, 0.5) is 0 Å². The molecular formula is C20H35IN4O. The number of rotatable bonds is 7. The van der Waals surface area contributed by atoms with Gasteiger partial charge in [0, 0.05) is 32.1 Å². The smallest absolute Gasteiger partial charge is 0.225 e. The van der Waals surface area contributed by atoms with Crippen LogP contribution in [0, 0.1) is 5.41 Å². The average Bonchev–Trinajstić information content (AvgIpc) is 2.57. The van der Waals surface area contributed by atoms with Gasteiger partial charge in [-0.15, -0.1) is 24.0 Å². The Morgan fingerprint density at radius 1 is 1.08 bits per heavy atom. The summed E-state index contributed by atoms with van der Waals surface area (Å²) < 4.78 is 0. The minimum atomic E-state index is -0.365. The van der Waals surface area contributed by atoms with Crippen molar-refractivity contribution in [3.8, 4) is 0 Å². The van der Waals surface area contributed by atoms with E-state index in [0.717, 1.165) is 25.5 Å². The monoisotopic (exact) mass is 474 g/mol. The van der Waals surface area contributed by atoms with Crippen molar-refractivity contribution in [1.82, 2.24) is 15.5 Å². The minimum Gasteiger partial charge on any atom is -0.357 e. The topological polar surface area (TPSA) is 56.7 Å². The van der Waals surface area contributed by atoms with E-state index in [-0.39, 0.29) is 35.3 Å². The van der Waals surface area contributed by atoms with Crippen molar-refractivity contribution < 1.29 is 4.79 Å². The molecule has 0 aliphatic carbocycles. The number of nitrogens with zero attached hydrogens (tertiary/aromatic N) is 2. The van der Waals surface area contributed by atoms with E-state index >= 15 is 0 Å². The van der Waals surface area contributed by atoms with Gasteiger partial charge in [0.25, 0.3) is 0 Å². The lowest BCUT2D eigenvalue weighted by Crippen LogP contribution is -2.40. The Labute approximate surface area is 176 Å². The van der Waals surface area contributed by atoms with Crippen LogP contribution in [0.15, 0.2) is 29.3 Å². The van der Waals surface area contributed by atoms with Gasteiger partial charge in [-0.3, -0.25) is 9.79 Å². The summed E-state index contributed by atoms with van der Waals surface area (Å²) in [6, 6.07) is 8.69. The zero-order valence-corrected chi connectivity index (χ0v) is 19.4. The number of carbonyl (C=O) groups is 1. The Morgan fingerprint density at radius 3 is 2.15 bits per heavy atom. The maximum absolute atomic E-state index is 11.9. The van der Waals surface area contributed by atoms with Gasteiger partial charge in [-0.25, -0.2) is 0 Å². The summed E-state index contributed by atoms with van der Waals surface area (Å²) in [7, 11) is 2.03. The highest BCUT2D eigenvalue weighted by Crippen LogP contribution is 2.12. The molecule has 2 N–H and O–H groups in total. The molecule has 1 rings (SSSR count). The second-order valence-electron chi connectivity index (χ2n) is 7.27. The summed E-state index contributed by atoms with van der Waals surface area (Å²) in [6.45, 7) is 12.7. The fraction of sp³-hybridized carbons (Fsp3) is 0.600. The highest BCUT2D eigenvalue weighted by Gasteiger charge is 2.20. The molecular weight excluding hydrogens is 439 g/mol. The van der Waals surface area contributed by atoms with E-state index < -0.39 is 0 Å². The SMILES string of the molecule is CCNC(=NCCNC(=O)C(C)(C)C)N(C)Cc1ccc(CC)cc1.I. The molecule has 0 atom stereocenters. The lowest BCUT2D eigenvalue weighted by atomic mass is 9.96. The molecule has 0 spiro atoms. The molecule has 0 aromatic heterocycles. The number of guanidine groups is 1. The molecule has 26 heavy (non-hydrogen) atoms. The van der Waals surface area contributed by atoms with Crippen LogP contribution in [-0.4, -0.2) is 43.4 Å². The van der Waals surface area contributed by atoms with Crippen LogP contribution < -0.4 is 10.6 Å². The van der Waals surface area contributed by atoms with Crippen LogP contribution in [-0.2, 0) is 17.8 Å². The van der Waals surface area contributed by atoms with Crippen LogP contribution >= 0.6 is 24.0 Å². The van der Waals surface area contributed by atoms with Crippen molar-refractivity contribution in [2.24, 2.45) is 10.4 Å². The van der Waals surface area contributed by atoms with Gasteiger partial charge < -0.3 is 15.5 Å². The Hall–Kier alpha value is -1.31. The maximum atomic E-state index is 11.9. The minimum absolute atomic E-state index is 0. The zero-order chi connectivity index (χ0) is 18.9. The van der Waals surface area contributed by atoms with E-state index in [4.69, 9.17) is 0 Å². The van der Waals surface area contributed by atoms with Crippen molar-refractivity contribution in [2.45, 2.75) is 47.6 Å². The number of nitrogens with one attached hydrogen (secondary N) is 2. The van der Waals surface area contributed by atoms with Gasteiger partial charge in [0.15, 0.2) is 5.96 Å². The third-order valence-corrected chi connectivity index (χ3v) is 3.89. The number of aliphatic imine (C=N–C) groups is 1. The molecule has 0 bridgehead atoms. The van der Waals surface area contributed by atoms with E-state index in [1.807, 2.05) is 27.8 Å². The number of carbonyl (C=O) groups excluding carboxylic acids is 1. The highest BCUT2D eigenvalue weighted by atomic mass is 127. The van der Waals surface area contributed by atoms with Gasteiger partial charge in [0.05, 0.1) is 6.54 Å². The first-order valence-corrected chi connectivity index (χ1v) is 9.13. The Kier molecular flexibility index (Phi) is 11.5. The lowest BCUT2D eigenvalue weighted by molar-refractivity contribution is -0.128. The van der Waals surface area contributed by atoms with E-state index in [0.29, 0.717) is 13.1 Å². The van der Waals surface area contributed by atoms with Crippen molar-refractivity contribution in [3.05, 3.63) is 35.4 Å². The molecule has 1 aromatic carbocycles. The first-order valence-electron chi connectivity index (χ1n) is 9.13. The fourth-order valence-electron chi connectivity index (χ4n) is 2.30. The van der Waals surface area contributed by atoms with Gasteiger partial charge in [0.2, 0.25) is 5.91 Å². The summed E-state index contributed by atoms with van der Waals surface area (Å²) in [5, 5.41) is 6.24. The second-order valence-corrected chi connectivity index (χ2v) is 7.27. The van der Waals surface area contributed by atoms with Crippen LogP contribution in [0.2, 0.25) is 0 Å². The first-order chi connectivity index (χ1) is 11.8. The van der Waals surface area contributed by atoms with E-state index in [1.54, 1.807) is 0 Å². The van der Waals surface area contributed by atoms with Crippen LogP contribution in [0.25, 0.3) is 0 Å². The average molecular weight is 474 g/mol. The van der Waals surface area contributed by atoms with Crippen molar-refractivity contribution in [1.29, 1.82) is 0 Å². The molecule has 0 heterocycles. The predicted octanol–water partition coefficient (Wildman–Crippen LogP) is 3.43. The quantitative estimate of drug-likeness (QED) is 0.276. The third kappa shape index (κ3) is 8.87. The summed E-state index contributed by atoms with van der Waals surface area (Å²) in [5.74, 6) is 0.907. The fourth-order valence-corrected chi connectivity index (χ4v) is 2.30. The Balaban J connectivity index is 0.00000625. The molecule has 0 fully saturated rings. The Morgan fingerprint density at radius 2 is 1.65 bits per heavy atom. The van der Waals surface area contributed by atoms with Gasteiger partial charge >= 0.3 is 0 Å². The van der Waals surface area contributed by atoms with Gasteiger partial charge in [-0.2, -0.15) is 0 Å². The van der Waals surface area contributed by atoms with Gasteiger partial charge in [-0.05, 0) is 24.5 Å². The zero-order valence-electron chi connectivity index (χ0n) is 17.1. The predicted molar refractivity (Wildman–Crippen MR) is 121 cm³/mol. The van der Waals surface area contributed by atoms with Crippen molar-refractivity contribution in [3.63, 3.8) is 0 Å². The van der Waals surface area contributed by atoms with Gasteiger partial charge in [-0.1, -0.05) is 52.0 Å². The second kappa shape index (κ2) is 12.1. The number of benzene rings is 1. The molecule has 148 valence electrons. The Bertz CT molecular complexity index is 564. The molecule has 6 heteroatoms. The largest absolute Gasteiger partial charge is 0.357 e. The number of halogens is 1. The van der Waals surface area contributed by atoms with E-state index in [9.17, 15) is 4.79 Å². The third-order valence-electron chi connectivity index (χ3n) is 3.89. The summed E-state index contributed by atoms with van der Waals surface area (Å²) >= 11 is 0. The van der Waals surface area contributed by atoms with Crippen LogP contribution in [0.5, 0.6) is 0 Å². The first kappa shape index (κ1) is 24.7. The molecule has 0 unspecified atom stereocenters. The van der Waals surface area contributed by atoms with Crippen LogP contribution in [0.3, 0.4) is 0 Å². The molecule has 1 amide bonds. The molecule has 0 aliphatic heterocycles. The van der Waals surface area contributed by atoms with Gasteiger partial charge in [0.1, 0.15) is 0 Å². The lowest BCUT2D eigenvalue weighted by Gasteiger charge is -2.22. The molecule has 0 saturated heterocycles. The van der Waals surface area contributed by atoms with E-state index in [2.05, 4.69) is 58.6 Å². The number of amides is 1. The number of aryl methyl sites for hydroxylation is 1. The van der Waals surface area contributed by atoms with E-state index in [1.165, 1.54) is 11.1 Å². The van der Waals surface area contributed by atoms with Crippen molar-refractivity contribution >= 4 is 35.8 Å².